The molecule has 1 atom stereocenters. The summed E-state index contributed by atoms with van der Waals surface area (Å²) in [5, 5.41) is 12.2. The first-order valence-electron chi connectivity index (χ1n) is 4.56. The van der Waals surface area contributed by atoms with E-state index in [-0.39, 0.29) is 11.8 Å². The maximum Gasteiger partial charge on any atom is 0.224 e. The molecule has 1 amide bonds. The fourth-order valence-electron chi connectivity index (χ4n) is 1.15. The van der Waals surface area contributed by atoms with Crippen LogP contribution in [0.4, 0.5) is 0 Å². The van der Waals surface area contributed by atoms with Crippen LogP contribution >= 0.6 is 0 Å². The monoisotopic (exact) mass is 188 g/mol. The molecule has 0 rings (SSSR count). The average molecular weight is 188 g/mol. The molecule has 4 heteroatoms. The van der Waals surface area contributed by atoms with Crippen LogP contribution in [0.1, 0.15) is 13.8 Å². The summed E-state index contributed by atoms with van der Waals surface area (Å²) in [4.78, 5) is 12.9. The molecule has 1 unspecified atom stereocenters. The van der Waals surface area contributed by atoms with Gasteiger partial charge in [0.1, 0.15) is 0 Å². The summed E-state index contributed by atoms with van der Waals surface area (Å²) >= 11 is 0. The van der Waals surface area contributed by atoms with E-state index in [0.717, 1.165) is 0 Å². The Morgan fingerprint density at radius 1 is 1.54 bits per heavy atom. The number of nitrogens with zero attached hydrogens (tertiary/aromatic N) is 1. The maximum atomic E-state index is 11.4. The second kappa shape index (κ2) is 5.94. The van der Waals surface area contributed by atoms with E-state index in [1.807, 2.05) is 13.8 Å². The van der Waals surface area contributed by atoms with Crippen molar-refractivity contribution in [2.45, 2.75) is 20.0 Å². The van der Waals surface area contributed by atoms with Gasteiger partial charge in [-0.05, 0) is 7.05 Å². The second-order valence-corrected chi connectivity index (χ2v) is 3.58. The molecule has 2 N–H and O–H groups in total. The minimum absolute atomic E-state index is 0.00761. The number of rotatable bonds is 5. The van der Waals surface area contributed by atoms with Crippen molar-refractivity contribution < 1.29 is 9.90 Å². The standard InChI is InChI=1S/C9H20N2O2/c1-7(2)9(13)11(4)6-8(12)5-10-3/h7-8,10,12H,5-6H2,1-4H3. The number of carbonyl (C=O) groups is 1. The van der Waals surface area contributed by atoms with Crippen LogP contribution in [-0.4, -0.2) is 49.2 Å². The Labute approximate surface area is 79.9 Å². The lowest BCUT2D eigenvalue weighted by molar-refractivity contribution is -0.134. The molecule has 0 fully saturated rings. The molecule has 0 saturated carbocycles. The van der Waals surface area contributed by atoms with Crippen LogP contribution in [-0.2, 0) is 4.79 Å². The second-order valence-electron chi connectivity index (χ2n) is 3.58. The van der Waals surface area contributed by atoms with Crippen LogP contribution < -0.4 is 5.32 Å². The van der Waals surface area contributed by atoms with Gasteiger partial charge in [-0.1, -0.05) is 13.8 Å². The zero-order chi connectivity index (χ0) is 10.4. The van der Waals surface area contributed by atoms with Gasteiger partial charge in [-0.25, -0.2) is 0 Å². The lowest BCUT2D eigenvalue weighted by Gasteiger charge is -2.22. The molecule has 0 radical (unpaired) electrons. The summed E-state index contributed by atoms with van der Waals surface area (Å²) in [5.41, 5.74) is 0. The number of aliphatic hydroxyl groups is 1. The Morgan fingerprint density at radius 2 is 2.08 bits per heavy atom. The maximum absolute atomic E-state index is 11.4. The first-order chi connectivity index (χ1) is 5.99. The number of hydrogen-bond donors (Lipinski definition) is 2. The van der Waals surface area contributed by atoms with Crippen LogP contribution in [0.5, 0.6) is 0 Å². The smallest absolute Gasteiger partial charge is 0.224 e. The SMILES string of the molecule is CNCC(O)CN(C)C(=O)C(C)C. The number of hydrogen-bond acceptors (Lipinski definition) is 3. The molecule has 0 heterocycles. The third kappa shape index (κ3) is 4.85. The van der Waals surface area contributed by atoms with Crippen LogP contribution in [0.2, 0.25) is 0 Å². The minimum Gasteiger partial charge on any atom is -0.390 e. The molecule has 0 aliphatic rings. The lowest BCUT2D eigenvalue weighted by Crippen LogP contribution is -2.40. The molecule has 0 aliphatic carbocycles. The van der Waals surface area contributed by atoms with Crippen LogP contribution in [0, 0.1) is 5.92 Å². The van der Waals surface area contributed by atoms with Crippen LogP contribution in [0.3, 0.4) is 0 Å². The molecule has 0 aromatic heterocycles. The van der Waals surface area contributed by atoms with Crippen LogP contribution in [0.25, 0.3) is 0 Å². The van der Waals surface area contributed by atoms with Gasteiger partial charge in [-0.3, -0.25) is 4.79 Å². The van der Waals surface area contributed by atoms with E-state index in [2.05, 4.69) is 5.32 Å². The highest BCUT2D eigenvalue weighted by Crippen LogP contribution is 1.99. The summed E-state index contributed by atoms with van der Waals surface area (Å²) in [6, 6.07) is 0. The Bertz CT molecular complexity index is 160. The number of amides is 1. The normalized spacial score (nSPS) is 13.1. The van der Waals surface area contributed by atoms with E-state index >= 15 is 0 Å². The Kier molecular flexibility index (Phi) is 5.66. The highest BCUT2D eigenvalue weighted by Gasteiger charge is 2.15. The number of likely N-dealkylation sites (N-methyl/N-ethyl adjacent to an activating group) is 2. The van der Waals surface area contributed by atoms with Gasteiger partial charge >= 0.3 is 0 Å². The molecule has 0 aliphatic heterocycles. The van der Waals surface area contributed by atoms with E-state index < -0.39 is 6.10 Å². The van der Waals surface area contributed by atoms with Gasteiger partial charge in [-0.15, -0.1) is 0 Å². The Balaban J connectivity index is 3.85. The van der Waals surface area contributed by atoms with Crippen molar-refractivity contribution in [3.8, 4) is 0 Å². The van der Waals surface area contributed by atoms with Crippen molar-refractivity contribution in [3.63, 3.8) is 0 Å². The fourth-order valence-corrected chi connectivity index (χ4v) is 1.15. The third-order valence-corrected chi connectivity index (χ3v) is 1.79. The topological polar surface area (TPSA) is 52.6 Å². The first-order valence-corrected chi connectivity index (χ1v) is 4.56. The molecule has 0 aromatic carbocycles. The molecule has 0 saturated heterocycles. The molecule has 13 heavy (non-hydrogen) atoms. The van der Waals surface area contributed by atoms with Crippen molar-refractivity contribution in [3.05, 3.63) is 0 Å². The third-order valence-electron chi connectivity index (χ3n) is 1.79. The fraction of sp³-hybridized carbons (Fsp3) is 0.889. The zero-order valence-electron chi connectivity index (χ0n) is 8.87. The van der Waals surface area contributed by atoms with E-state index in [1.54, 1.807) is 19.0 Å². The van der Waals surface area contributed by atoms with Crippen molar-refractivity contribution in [2.24, 2.45) is 5.92 Å². The Hall–Kier alpha value is -0.610. The average Bonchev–Trinajstić information content (AvgIpc) is 2.03. The molecule has 78 valence electrons. The van der Waals surface area contributed by atoms with Gasteiger partial charge in [-0.2, -0.15) is 0 Å². The number of nitrogens with one attached hydrogen (secondary N) is 1. The van der Waals surface area contributed by atoms with Crippen molar-refractivity contribution in [2.75, 3.05) is 27.2 Å². The molecule has 0 spiro atoms. The van der Waals surface area contributed by atoms with E-state index in [1.165, 1.54) is 0 Å². The predicted octanol–water partition coefficient (Wildman–Crippen LogP) is -0.319. The molecule has 0 aromatic rings. The molecular formula is C9H20N2O2. The summed E-state index contributed by atoms with van der Waals surface area (Å²) in [5.74, 6) is 0.0574. The van der Waals surface area contributed by atoms with Gasteiger partial charge in [0, 0.05) is 26.1 Å². The van der Waals surface area contributed by atoms with Crippen molar-refractivity contribution in [1.82, 2.24) is 10.2 Å². The number of carbonyl (C=O) groups excluding carboxylic acids is 1. The quantitative estimate of drug-likeness (QED) is 0.622. The molecular weight excluding hydrogens is 168 g/mol. The predicted molar refractivity (Wildman–Crippen MR) is 52.4 cm³/mol. The zero-order valence-corrected chi connectivity index (χ0v) is 8.87. The summed E-state index contributed by atoms with van der Waals surface area (Å²) in [6.45, 7) is 4.60. The summed E-state index contributed by atoms with van der Waals surface area (Å²) in [6.07, 6.45) is -0.488. The Morgan fingerprint density at radius 3 is 2.46 bits per heavy atom. The van der Waals surface area contributed by atoms with Crippen LogP contribution in [0.15, 0.2) is 0 Å². The van der Waals surface area contributed by atoms with Gasteiger partial charge in [0.25, 0.3) is 0 Å². The van der Waals surface area contributed by atoms with Crippen molar-refractivity contribution >= 4 is 5.91 Å². The first kappa shape index (κ1) is 12.4. The van der Waals surface area contributed by atoms with Gasteiger partial charge in [0.05, 0.1) is 6.10 Å². The largest absolute Gasteiger partial charge is 0.390 e. The minimum atomic E-state index is -0.488. The molecule has 4 nitrogen and oxygen atoms in total. The summed E-state index contributed by atoms with van der Waals surface area (Å²) < 4.78 is 0. The van der Waals surface area contributed by atoms with Gasteiger partial charge < -0.3 is 15.3 Å². The van der Waals surface area contributed by atoms with Gasteiger partial charge in [0.15, 0.2) is 0 Å². The van der Waals surface area contributed by atoms with E-state index in [9.17, 15) is 9.90 Å². The van der Waals surface area contributed by atoms with Gasteiger partial charge in [0.2, 0.25) is 5.91 Å². The lowest BCUT2D eigenvalue weighted by atomic mass is 10.2. The highest BCUT2D eigenvalue weighted by molar-refractivity contribution is 5.77. The number of aliphatic hydroxyl groups excluding tert-OH is 1. The highest BCUT2D eigenvalue weighted by atomic mass is 16.3. The van der Waals surface area contributed by atoms with E-state index in [0.29, 0.717) is 13.1 Å². The molecule has 0 bridgehead atoms. The summed E-state index contributed by atoms with van der Waals surface area (Å²) in [7, 11) is 3.48. The van der Waals surface area contributed by atoms with Crippen molar-refractivity contribution in [1.29, 1.82) is 0 Å². The van der Waals surface area contributed by atoms with E-state index in [4.69, 9.17) is 0 Å².